The smallest absolute Gasteiger partial charge is 0.161 e. The third kappa shape index (κ3) is 3.25. The van der Waals surface area contributed by atoms with Gasteiger partial charge in [-0.1, -0.05) is 49.7 Å². The topological polar surface area (TPSA) is 18.5 Å². The summed E-state index contributed by atoms with van der Waals surface area (Å²) < 4.78 is 11.6. The summed E-state index contributed by atoms with van der Waals surface area (Å²) in [6.07, 6.45) is 1.12. The quantitative estimate of drug-likeness (QED) is 0.730. The third-order valence-electron chi connectivity index (χ3n) is 3.90. The standard InChI is InChI=1S/C16H23BrO2/c1-5-16(3,4)15(17)12-6-7-13-14(8-12)19-10-11(2)9-18-13/h6-8,11,15H,5,9-10H2,1-4H3. The molecule has 3 heteroatoms. The van der Waals surface area contributed by atoms with Gasteiger partial charge in [-0.15, -0.1) is 0 Å². The van der Waals surface area contributed by atoms with Crippen LogP contribution in [0.2, 0.25) is 0 Å². The Labute approximate surface area is 124 Å². The van der Waals surface area contributed by atoms with E-state index in [-0.39, 0.29) is 5.41 Å². The van der Waals surface area contributed by atoms with Gasteiger partial charge < -0.3 is 9.47 Å². The van der Waals surface area contributed by atoms with E-state index in [4.69, 9.17) is 9.47 Å². The van der Waals surface area contributed by atoms with Crippen molar-refractivity contribution in [1.82, 2.24) is 0 Å². The summed E-state index contributed by atoms with van der Waals surface area (Å²) in [6, 6.07) is 6.28. The van der Waals surface area contributed by atoms with Crippen LogP contribution in [0.3, 0.4) is 0 Å². The van der Waals surface area contributed by atoms with Gasteiger partial charge in [0.05, 0.1) is 13.2 Å². The van der Waals surface area contributed by atoms with Crippen LogP contribution < -0.4 is 9.47 Å². The minimum absolute atomic E-state index is 0.215. The molecule has 2 unspecified atom stereocenters. The number of benzene rings is 1. The SMILES string of the molecule is CCC(C)(C)C(Br)c1ccc2c(c1)OCC(C)CO2. The molecule has 0 saturated heterocycles. The lowest BCUT2D eigenvalue weighted by Crippen LogP contribution is -2.16. The number of rotatable bonds is 3. The minimum atomic E-state index is 0.215. The normalized spacial score (nSPS) is 20.8. The second-order valence-electron chi connectivity index (χ2n) is 6.14. The lowest BCUT2D eigenvalue weighted by atomic mass is 9.83. The first kappa shape index (κ1) is 14.7. The van der Waals surface area contributed by atoms with Crippen molar-refractivity contribution in [1.29, 1.82) is 0 Å². The minimum Gasteiger partial charge on any atom is -0.489 e. The van der Waals surface area contributed by atoms with E-state index in [9.17, 15) is 0 Å². The summed E-state index contributed by atoms with van der Waals surface area (Å²) in [4.78, 5) is 0.319. The van der Waals surface area contributed by atoms with Gasteiger partial charge in [0.1, 0.15) is 0 Å². The van der Waals surface area contributed by atoms with Crippen LogP contribution in [-0.2, 0) is 0 Å². The van der Waals surface area contributed by atoms with E-state index in [1.54, 1.807) is 0 Å². The molecule has 0 spiro atoms. The highest BCUT2D eigenvalue weighted by molar-refractivity contribution is 9.09. The van der Waals surface area contributed by atoms with Crippen LogP contribution in [0.15, 0.2) is 18.2 Å². The molecule has 0 bridgehead atoms. The van der Waals surface area contributed by atoms with Crippen molar-refractivity contribution in [3.8, 4) is 11.5 Å². The third-order valence-corrected chi connectivity index (χ3v) is 5.67. The maximum Gasteiger partial charge on any atom is 0.161 e. The summed E-state index contributed by atoms with van der Waals surface area (Å²) in [5.41, 5.74) is 1.47. The van der Waals surface area contributed by atoms with Gasteiger partial charge in [0.15, 0.2) is 11.5 Å². The van der Waals surface area contributed by atoms with Crippen LogP contribution in [-0.4, -0.2) is 13.2 Å². The van der Waals surface area contributed by atoms with E-state index >= 15 is 0 Å². The molecule has 1 aromatic carbocycles. The number of hydrogen-bond acceptors (Lipinski definition) is 2. The van der Waals surface area contributed by atoms with Gasteiger partial charge >= 0.3 is 0 Å². The van der Waals surface area contributed by atoms with Crippen molar-refractivity contribution < 1.29 is 9.47 Å². The molecule has 19 heavy (non-hydrogen) atoms. The zero-order valence-electron chi connectivity index (χ0n) is 12.2. The van der Waals surface area contributed by atoms with Crippen LogP contribution in [0.25, 0.3) is 0 Å². The first-order chi connectivity index (χ1) is 8.94. The molecular weight excluding hydrogens is 304 g/mol. The molecule has 2 nitrogen and oxygen atoms in total. The Kier molecular flexibility index (Phi) is 4.44. The lowest BCUT2D eigenvalue weighted by Gasteiger charge is -2.29. The van der Waals surface area contributed by atoms with Gasteiger partial charge in [-0.3, -0.25) is 0 Å². The molecular formula is C16H23BrO2. The summed E-state index contributed by atoms with van der Waals surface area (Å²) in [5.74, 6) is 2.17. The van der Waals surface area contributed by atoms with Crippen LogP contribution in [0.5, 0.6) is 11.5 Å². The Balaban J connectivity index is 2.26. The molecule has 106 valence electrons. The summed E-state index contributed by atoms with van der Waals surface area (Å²) in [6.45, 7) is 10.4. The average molecular weight is 327 g/mol. The number of fused-ring (bicyclic) bond motifs is 1. The zero-order chi connectivity index (χ0) is 14.0. The molecule has 0 fully saturated rings. The molecule has 0 aromatic heterocycles. The van der Waals surface area contributed by atoms with Crippen molar-refractivity contribution in [2.24, 2.45) is 11.3 Å². The van der Waals surface area contributed by atoms with E-state index in [1.807, 2.05) is 6.07 Å². The molecule has 1 aromatic rings. The summed E-state index contributed by atoms with van der Waals surface area (Å²) in [5, 5.41) is 0. The predicted octanol–water partition coefficient (Wildman–Crippen LogP) is 4.97. The van der Waals surface area contributed by atoms with Gasteiger partial charge in [0, 0.05) is 10.7 Å². The highest BCUT2D eigenvalue weighted by Crippen LogP contribution is 2.45. The van der Waals surface area contributed by atoms with Crippen LogP contribution in [0.1, 0.15) is 44.5 Å². The predicted molar refractivity (Wildman–Crippen MR) is 82.3 cm³/mol. The van der Waals surface area contributed by atoms with E-state index < -0.39 is 0 Å². The van der Waals surface area contributed by atoms with Crippen molar-refractivity contribution >= 4 is 15.9 Å². The molecule has 1 aliphatic heterocycles. The van der Waals surface area contributed by atoms with Gasteiger partial charge in [-0.25, -0.2) is 0 Å². The average Bonchev–Trinajstić information content (AvgIpc) is 2.59. The van der Waals surface area contributed by atoms with E-state index in [0.29, 0.717) is 10.7 Å². The van der Waals surface area contributed by atoms with Crippen molar-refractivity contribution in [3.63, 3.8) is 0 Å². The molecule has 1 aliphatic rings. The van der Waals surface area contributed by atoms with Crippen LogP contribution in [0, 0.1) is 11.3 Å². The van der Waals surface area contributed by atoms with E-state index in [1.165, 1.54) is 5.56 Å². The first-order valence-electron chi connectivity index (χ1n) is 6.97. The monoisotopic (exact) mass is 326 g/mol. The molecule has 0 saturated carbocycles. The summed E-state index contributed by atoms with van der Waals surface area (Å²) in [7, 11) is 0. The highest BCUT2D eigenvalue weighted by Gasteiger charge is 2.28. The fourth-order valence-corrected chi connectivity index (χ4v) is 2.67. The molecule has 1 heterocycles. The lowest BCUT2D eigenvalue weighted by molar-refractivity contribution is 0.228. The van der Waals surface area contributed by atoms with Gasteiger partial charge in [0.25, 0.3) is 0 Å². The van der Waals surface area contributed by atoms with Gasteiger partial charge in [-0.05, 0) is 29.5 Å². The number of alkyl halides is 1. The molecule has 0 radical (unpaired) electrons. The van der Waals surface area contributed by atoms with Crippen molar-refractivity contribution in [3.05, 3.63) is 23.8 Å². The zero-order valence-corrected chi connectivity index (χ0v) is 13.8. The Bertz CT molecular complexity index is 442. The highest BCUT2D eigenvalue weighted by atomic mass is 79.9. The molecule has 0 N–H and O–H groups in total. The van der Waals surface area contributed by atoms with E-state index in [2.05, 4.69) is 55.8 Å². The molecule has 0 aliphatic carbocycles. The van der Waals surface area contributed by atoms with Crippen molar-refractivity contribution in [2.75, 3.05) is 13.2 Å². The summed E-state index contributed by atoms with van der Waals surface area (Å²) >= 11 is 3.83. The Morgan fingerprint density at radius 3 is 2.53 bits per heavy atom. The maximum atomic E-state index is 5.85. The number of halogens is 1. The first-order valence-corrected chi connectivity index (χ1v) is 7.89. The molecule has 2 rings (SSSR count). The van der Waals surface area contributed by atoms with Crippen LogP contribution >= 0.6 is 15.9 Å². The second kappa shape index (κ2) is 5.74. The van der Waals surface area contributed by atoms with Gasteiger partial charge in [0.2, 0.25) is 0 Å². The van der Waals surface area contributed by atoms with Gasteiger partial charge in [-0.2, -0.15) is 0 Å². The second-order valence-corrected chi connectivity index (χ2v) is 7.05. The van der Waals surface area contributed by atoms with Crippen LogP contribution in [0.4, 0.5) is 0 Å². The van der Waals surface area contributed by atoms with E-state index in [0.717, 1.165) is 31.1 Å². The van der Waals surface area contributed by atoms with Crippen molar-refractivity contribution in [2.45, 2.75) is 38.9 Å². The largest absolute Gasteiger partial charge is 0.489 e. The Morgan fingerprint density at radius 2 is 1.89 bits per heavy atom. The Hall–Kier alpha value is -0.700. The Morgan fingerprint density at radius 1 is 1.26 bits per heavy atom. The molecule has 0 amide bonds. The maximum absolute atomic E-state index is 5.85. The molecule has 2 atom stereocenters. The number of hydrogen-bond donors (Lipinski definition) is 0. The number of ether oxygens (including phenoxy) is 2. The fourth-order valence-electron chi connectivity index (χ4n) is 2.06. The fraction of sp³-hybridized carbons (Fsp3) is 0.625.